The van der Waals surface area contributed by atoms with Crippen molar-refractivity contribution < 1.29 is 9.90 Å². The van der Waals surface area contributed by atoms with Gasteiger partial charge in [-0.2, -0.15) is 0 Å². The Morgan fingerprint density at radius 2 is 2.29 bits per heavy atom. The molecular formula is C14H15N5O2. The number of anilines is 2. The summed E-state index contributed by atoms with van der Waals surface area (Å²) in [6.07, 6.45) is 3.21. The number of hydrogen-bond acceptors (Lipinski definition) is 5. The molecule has 0 unspecified atom stereocenters. The Morgan fingerprint density at radius 1 is 1.43 bits per heavy atom. The monoisotopic (exact) mass is 285 g/mol. The van der Waals surface area contributed by atoms with Crippen LogP contribution in [-0.4, -0.2) is 37.6 Å². The van der Waals surface area contributed by atoms with Crippen molar-refractivity contribution in [3.05, 3.63) is 41.5 Å². The molecule has 21 heavy (non-hydrogen) atoms. The van der Waals surface area contributed by atoms with Gasteiger partial charge in [-0.05, 0) is 31.0 Å². The molecule has 0 fully saturated rings. The van der Waals surface area contributed by atoms with Crippen LogP contribution in [0.1, 0.15) is 17.0 Å². The van der Waals surface area contributed by atoms with Crippen molar-refractivity contribution >= 4 is 17.7 Å². The first-order chi connectivity index (χ1) is 10.1. The fourth-order valence-corrected chi connectivity index (χ4v) is 2.26. The molecule has 2 aromatic heterocycles. The summed E-state index contributed by atoms with van der Waals surface area (Å²) >= 11 is 0. The highest BCUT2D eigenvalue weighted by molar-refractivity contribution is 5.65. The maximum Gasteiger partial charge on any atom is 0.407 e. The van der Waals surface area contributed by atoms with E-state index < -0.39 is 6.09 Å². The van der Waals surface area contributed by atoms with Gasteiger partial charge >= 0.3 is 6.09 Å². The summed E-state index contributed by atoms with van der Waals surface area (Å²) in [5, 5.41) is 12.2. The number of nitrogens with one attached hydrogen (secondary N) is 1. The van der Waals surface area contributed by atoms with Crippen molar-refractivity contribution in [2.75, 3.05) is 11.9 Å². The highest BCUT2D eigenvalue weighted by Gasteiger charge is 2.21. The fraction of sp³-hybridized carbons (Fsp3) is 0.286. The Hall–Kier alpha value is -2.70. The van der Waals surface area contributed by atoms with Gasteiger partial charge in [0.15, 0.2) is 0 Å². The summed E-state index contributed by atoms with van der Waals surface area (Å²) in [6.45, 7) is 2.68. The van der Waals surface area contributed by atoms with Crippen LogP contribution in [0.25, 0.3) is 0 Å². The van der Waals surface area contributed by atoms with Gasteiger partial charge in [0.25, 0.3) is 0 Å². The molecule has 7 nitrogen and oxygen atoms in total. The van der Waals surface area contributed by atoms with E-state index in [9.17, 15) is 4.79 Å². The maximum absolute atomic E-state index is 11.0. The van der Waals surface area contributed by atoms with Gasteiger partial charge in [-0.15, -0.1) is 0 Å². The van der Waals surface area contributed by atoms with Crippen LogP contribution in [0.5, 0.6) is 0 Å². The van der Waals surface area contributed by atoms with Gasteiger partial charge in [0.1, 0.15) is 0 Å². The number of aromatic nitrogens is 3. The lowest BCUT2D eigenvalue weighted by molar-refractivity contribution is 0.139. The first kappa shape index (κ1) is 13.3. The summed E-state index contributed by atoms with van der Waals surface area (Å²) < 4.78 is 0. The Kier molecular flexibility index (Phi) is 3.39. The van der Waals surface area contributed by atoms with Gasteiger partial charge in [0.2, 0.25) is 5.95 Å². The number of carbonyl (C=O) groups is 1. The number of pyridine rings is 1. The number of amides is 1. The summed E-state index contributed by atoms with van der Waals surface area (Å²) in [7, 11) is 0. The van der Waals surface area contributed by atoms with Crippen molar-refractivity contribution in [1.29, 1.82) is 0 Å². The number of aryl methyl sites for hydroxylation is 1. The Labute approximate surface area is 121 Å². The number of fused-ring (bicyclic) bond motifs is 1. The molecule has 7 heteroatoms. The highest BCUT2D eigenvalue weighted by Crippen LogP contribution is 2.20. The van der Waals surface area contributed by atoms with E-state index in [1.165, 1.54) is 4.90 Å². The number of rotatable bonds is 2. The average molecular weight is 285 g/mol. The van der Waals surface area contributed by atoms with Gasteiger partial charge in [-0.3, -0.25) is 4.98 Å². The van der Waals surface area contributed by atoms with Gasteiger partial charge in [-0.25, -0.2) is 14.8 Å². The van der Waals surface area contributed by atoms with E-state index in [1.54, 1.807) is 12.4 Å². The van der Waals surface area contributed by atoms with Crippen molar-refractivity contribution in [3.8, 4) is 0 Å². The largest absolute Gasteiger partial charge is 0.465 e. The van der Waals surface area contributed by atoms with Gasteiger partial charge < -0.3 is 15.3 Å². The lowest BCUT2D eigenvalue weighted by Crippen LogP contribution is -2.35. The molecule has 1 aliphatic heterocycles. The zero-order valence-corrected chi connectivity index (χ0v) is 11.6. The highest BCUT2D eigenvalue weighted by atomic mass is 16.4. The summed E-state index contributed by atoms with van der Waals surface area (Å²) in [5.74, 6) is 0.456. The topological polar surface area (TPSA) is 91.2 Å². The van der Waals surface area contributed by atoms with Crippen LogP contribution in [0, 0.1) is 6.92 Å². The molecule has 3 rings (SSSR count). The van der Waals surface area contributed by atoms with E-state index in [-0.39, 0.29) is 0 Å². The summed E-state index contributed by atoms with van der Waals surface area (Å²) in [5.41, 5.74) is 3.44. The van der Waals surface area contributed by atoms with Crippen LogP contribution in [0.2, 0.25) is 0 Å². The second-order valence-electron chi connectivity index (χ2n) is 4.88. The zero-order chi connectivity index (χ0) is 14.8. The summed E-state index contributed by atoms with van der Waals surface area (Å²) in [6, 6.07) is 3.73. The average Bonchev–Trinajstić information content (AvgIpc) is 2.49. The second-order valence-corrected chi connectivity index (χ2v) is 4.88. The van der Waals surface area contributed by atoms with Crippen LogP contribution < -0.4 is 5.32 Å². The first-order valence-corrected chi connectivity index (χ1v) is 6.65. The Morgan fingerprint density at radius 3 is 3.05 bits per heavy atom. The van der Waals surface area contributed by atoms with Crippen LogP contribution in [0.4, 0.5) is 16.4 Å². The molecule has 1 amide bonds. The molecule has 2 aromatic rings. The molecule has 0 aliphatic carbocycles. The molecular weight excluding hydrogens is 270 g/mol. The number of carboxylic acid groups (broad SMARTS) is 1. The Balaban J connectivity index is 1.84. The first-order valence-electron chi connectivity index (χ1n) is 6.65. The molecule has 0 aromatic carbocycles. The minimum atomic E-state index is -0.920. The zero-order valence-electron chi connectivity index (χ0n) is 11.6. The van der Waals surface area contributed by atoms with Crippen LogP contribution >= 0.6 is 0 Å². The molecule has 2 N–H and O–H groups in total. The van der Waals surface area contributed by atoms with Gasteiger partial charge in [0.05, 0.1) is 23.6 Å². The molecule has 1 aliphatic rings. The molecule has 0 saturated heterocycles. The molecule has 3 heterocycles. The fourth-order valence-electron chi connectivity index (χ4n) is 2.26. The lowest BCUT2D eigenvalue weighted by Gasteiger charge is -2.25. The smallest absolute Gasteiger partial charge is 0.407 e. The predicted molar refractivity (Wildman–Crippen MR) is 76.4 cm³/mol. The third-order valence-corrected chi connectivity index (χ3v) is 3.47. The third kappa shape index (κ3) is 2.76. The normalized spacial score (nSPS) is 13.7. The van der Waals surface area contributed by atoms with E-state index in [2.05, 4.69) is 20.3 Å². The molecule has 0 spiro atoms. The van der Waals surface area contributed by atoms with Gasteiger partial charge in [-0.1, -0.05) is 0 Å². The van der Waals surface area contributed by atoms with Crippen molar-refractivity contribution in [1.82, 2.24) is 19.9 Å². The van der Waals surface area contributed by atoms with Crippen LogP contribution in [0.3, 0.4) is 0 Å². The van der Waals surface area contributed by atoms with Gasteiger partial charge in [0, 0.05) is 18.9 Å². The van der Waals surface area contributed by atoms with E-state index in [0.717, 1.165) is 22.6 Å². The van der Waals surface area contributed by atoms with E-state index >= 15 is 0 Å². The minimum absolute atomic E-state index is 0.299. The molecule has 0 atom stereocenters. The quantitative estimate of drug-likeness (QED) is 0.876. The second kappa shape index (κ2) is 5.35. The molecule has 0 radical (unpaired) electrons. The number of hydrogen-bond donors (Lipinski definition) is 2. The molecule has 0 saturated carbocycles. The molecule has 108 valence electrons. The van der Waals surface area contributed by atoms with Crippen LogP contribution in [-0.2, 0) is 13.0 Å². The predicted octanol–water partition coefficient (Wildman–Crippen LogP) is 1.96. The van der Waals surface area contributed by atoms with E-state index in [0.29, 0.717) is 25.5 Å². The van der Waals surface area contributed by atoms with Crippen LogP contribution in [0.15, 0.2) is 24.5 Å². The van der Waals surface area contributed by atoms with Crippen molar-refractivity contribution in [2.45, 2.75) is 19.9 Å². The lowest BCUT2D eigenvalue weighted by atomic mass is 10.1. The summed E-state index contributed by atoms with van der Waals surface area (Å²) in [4.78, 5) is 25.3. The van der Waals surface area contributed by atoms with E-state index in [4.69, 9.17) is 5.11 Å². The Bertz CT molecular complexity index is 689. The SMILES string of the molecule is Cc1ncccc1Nc1ncc2c(n1)CN(C(=O)O)CC2. The van der Waals surface area contributed by atoms with Crippen molar-refractivity contribution in [3.63, 3.8) is 0 Å². The number of nitrogens with zero attached hydrogens (tertiary/aromatic N) is 4. The standard InChI is InChI=1S/C14H15N5O2/c1-9-11(3-2-5-15-9)17-13-16-7-10-4-6-19(14(20)21)8-12(10)18-13/h2-3,5,7H,4,6,8H2,1H3,(H,20,21)(H,16,17,18). The minimum Gasteiger partial charge on any atom is -0.465 e. The molecule has 0 bridgehead atoms. The van der Waals surface area contributed by atoms with E-state index in [1.807, 2.05) is 19.1 Å². The van der Waals surface area contributed by atoms with Crippen molar-refractivity contribution in [2.24, 2.45) is 0 Å². The maximum atomic E-state index is 11.0. The third-order valence-electron chi connectivity index (χ3n) is 3.47.